The molecule has 0 unspecified atom stereocenters. The van der Waals surface area contributed by atoms with Gasteiger partial charge in [-0.2, -0.15) is 0 Å². The average molecular weight is 241 g/mol. The maximum Gasteiger partial charge on any atom is 0.286 e. The molecule has 0 aliphatic carbocycles. The largest absolute Gasteiger partial charge is 0.451 e. The third-order valence-corrected chi connectivity index (χ3v) is 3.82. The molecule has 0 atom stereocenters. The summed E-state index contributed by atoms with van der Waals surface area (Å²) in [6, 6.07) is 6.83. The lowest BCUT2D eigenvalue weighted by Crippen LogP contribution is -2.16. The molecule has 0 aliphatic heterocycles. The Hall–Kier alpha value is -1.01. The van der Waals surface area contributed by atoms with Gasteiger partial charge in [-0.3, -0.25) is 0 Å². The average Bonchev–Trinajstić information content (AvgIpc) is 2.14. The van der Waals surface area contributed by atoms with E-state index in [0.717, 1.165) is 0 Å². The minimum absolute atomic E-state index is 0.000530. The van der Waals surface area contributed by atoms with Crippen LogP contribution in [0.5, 0.6) is 0 Å². The van der Waals surface area contributed by atoms with Gasteiger partial charge in [-0.1, -0.05) is 19.0 Å². The maximum atomic E-state index is 11.7. The molecular weight excluding hydrogens is 225 g/mol. The van der Waals surface area contributed by atoms with Crippen LogP contribution < -0.4 is 5.73 Å². The summed E-state index contributed by atoms with van der Waals surface area (Å²) in [5, 5.41) is 9.04. The van der Waals surface area contributed by atoms with Crippen molar-refractivity contribution >= 4 is 22.4 Å². The summed E-state index contributed by atoms with van der Waals surface area (Å²) < 4.78 is 23.3. The molecule has 0 fully saturated rings. The van der Waals surface area contributed by atoms with Crippen LogP contribution in [-0.2, 0) is 15.6 Å². The zero-order chi connectivity index (χ0) is 12.2. The van der Waals surface area contributed by atoms with E-state index in [9.17, 15) is 8.42 Å². The zero-order valence-corrected chi connectivity index (χ0v) is 10.1. The normalized spacial score (nSPS) is 11.4. The van der Waals surface area contributed by atoms with Crippen LogP contribution >= 0.6 is 0 Å². The number of benzene rings is 1. The fraction of sp³-hybridized carbons (Fsp3) is 0.400. The van der Waals surface area contributed by atoms with Crippen LogP contribution in [0.25, 0.3) is 0 Å². The van der Waals surface area contributed by atoms with Crippen LogP contribution in [0.4, 0.5) is 5.69 Å². The fourth-order valence-electron chi connectivity index (χ4n) is 1.36. The van der Waals surface area contributed by atoms with Gasteiger partial charge in [0.1, 0.15) is 0 Å². The van der Waals surface area contributed by atoms with Crippen molar-refractivity contribution in [3.63, 3.8) is 0 Å². The lowest BCUT2D eigenvalue weighted by atomic mass is 9.69. The minimum atomic E-state index is -3.16. The van der Waals surface area contributed by atoms with Gasteiger partial charge in [0, 0.05) is 11.4 Å². The van der Waals surface area contributed by atoms with E-state index in [1.807, 2.05) is 0 Å². The van der Waals surface area contributed by atoms with Crippen LogP contribution in [0.3, 0.4) is 0 Å². The van der Waals surface area contributed by atoms with E-state index in [1.54, 1.807) is 31.1 Å². The lowest BCUT2D eigenvalue weighted by Gasteiger charge is -2.05. The molecule has 0 radical (unpaired) electrons. The van der Waals surface area contributed by atoms with Crippen LogP contribution in [-0.4, -0.2) is 26.1 Å². The number of rotatable bonds is 5. The first kappa shape index (κ1) is 13.1. The predicted molar refractivity (Wildman–Crippen MR) is 67.0 cm³/mol. The van der Waals surface area contributed by atoms with Crippen molar-refractivity contribution in [2.45, 2.75) is 18.9 Å². The van der Waals surface area contributed by atoms with Gasteiger partial charge in [0.2, 0.25) is 0 Å². The zero-order valence-electron chi connectivity index (χ0n) is 9.26. The number of anilines is 1. The quantitative estimate of drug-likeness (QED) is 0.590. The molecule has 1 aromatic rings. The summed E-state index contributed by atoms with van der Waals surface area (Å²) in [4.78, 5) is 0. The second-order valence-electron chi connectivity index (χ2n) is 3.97. The number of nitrogen functional groups attached to an aromatic ring is 1. The molecule has 16 heavy (non-hydrogen) atoms. The molecule has 0 saturated heterocycles. The number of hydrogen-bond donors (Lipinski definition) is 2. The Morgan fingerprint density at radius 2 is 2.12 bits per heavy atom. The topological polar surface area (TPSA) is 80.4 Å². The highest BCUT2D eigenvalue weighted by Crippen LogP contribution is 2.11. The summed E-state index contributed by atoms with van der Waals surface area (Å²) >= 11 is 0. The molecular formula is C10H16BNO3S. The molecule has 3 N–H and O–H groups in total. The molecule has 88 valence electrons. The first-order chi connectivity index (χ1) is 7.39. The second kappa shape index (κ2) is 5.36. The van der Waals surface area contributed by atoms with Gasteiger partial charge in [0.15, 0.2) is 9.84 Å². The van der Waals surface area contributed by atoms with Gasteiger partial charge >= 0.3 is 0 Å². The van der Waals surface area contributed by atoms with Crippen molar-refractivity contribution in [3.05, 3.63) is 29.8 Å². The number of sulfone groups is 1. The van der Waals surface area contributed by atoms with Crippen LogP contribution in [0.1, 0.15) is 5.56 Å². The van der Waals surface area contributed by atoms with Crippen LogP contribution in [0.2, 0.25) is 13.1 Å². The van der Waals surface area contributed by atoms with Gasteiger partial charge in [0.05, 0.1) is 5.75 Å². The fourth-order valence-corrected chi connectivity index (χ4v) is 2.89. The van der Waals surface area contributed by atoms with Gasteiger partial charge in [-0.15, -0.1) is 0 Å². The van der Waals surface area contributed by atoms with E-state index in [2.05, 4.69) is 0 Å². The van der Waals surface area contributed by atoms with Gasteiger partial charge in [0.25, 0.3) is 6.92 Å². The molecule has 0 saturated carbocycles. The first-order valence-corrected chi connectivity index (χ1v) is 6.94. The highest BCUT2D eigenvalue weighted by molar-refractivity contribution is 7.90. The molecule has 4 nitrogen and oxygen atoms in total. The Balaban J connectivity index is 2.66. The van der Waals surface area contributed by atoms with Gasteiger partial charge in [-0.05, 0) is 24.0 Å². The van der Waals surface area contributed by atoms with Crippen molar-refractivity contribution in [1.29, 1.82) is 0 Å². The molecule has 0 aromatic heterocycles. The molecule has 6 heteroatoms. The molecule has 0 amide bonds. The Kier molecular flexibility index (Phi) is 4.38. The van der Waals surface area contributed by atoms with Crippen molar-refractivity contribution in [2.24, 2.45) is 0 Å². The highest BCUT2D eigenvalue weighted by Gasteiger charge is 2.14. The number of hydrogen-bond acceptors (Lipinski definition) is 4. The summed E-state index contributed by atoms with van der Waals surface area (Å²) in [6.07, 6.45) is 0.269. The highest BCUT2D eigenvalue weighted by atomic mass is 32.2. The van der Waals surface area contributed by atoms with E-state index >= 15 is 0 Å². The molecule has 0 bridgehead atoms. The van der Waals surface area contributed by atoms with E-state index < -0.39 is 16.8 Å². The third kappa shape index (κ3) is 4.68. The Morgan fingerprint density at radius 1 is 1.44 bits per heavy atom. The maximum absolute atomic E-state index is 11.7. The van der Waals surface area contributed by atoms with E-state index in [1.165, 1.54) is 0 Å². The van der Waals surface area contributed by atoms with E-state index in [4.69, 9.17) is 10.8 Å². The molecule has 1 rings (SSSR count). The number of nitrogens with two attached hydrogens (primary N) is 1. The minimum Gasteiger partial charge on any atom is -0.451 e. The Bertz CT molecular complexity index is 445. The van der Waals surface area contributed by atoms with Gasteiger partial charge < -0.3 is 10.8 Å². The second-order valence-corrected chi connectivity index (χ2v) is 6.16. The first-order valence-electron chi connectivity index (χ1n) is 5.12. The van der Waals surface area contributed by atoms with Crippen molar-refractivity contribution in [3.8, 4) is 0 Å². The molecule has 0 aliphatic rings. The van der Waals surface area contributed by atoms with Crippen LogP contribution in [0.15, 0.2) is 24.3 Å². The molecule has 0 heterocycles. The Morgan fingerprint density at radius 3 is 2.69 bits per heavy atom. The van der Waals surface area contributed by atoms with E-state index in [-0.39, 0.29) is 17.8 Å². The van der Waals surface area contributed by atoms with Crippen molar-refractivity contribution < 1.29 is 13.4 Å². The molecule has 1 aromatic carbocycles. The predicted octanol–water partition coefficient (Wildman–Crippen LogP) is 0.797. The van der Waals surface area contributed by atoms with Gasteiger partial charge in [-0.25, -0.2) is 8.42 Å². The standard InChI is InChI=1S/C10H16BNO3S/c1-11(13)5-6-16(14,15)8-9-3-2-4-10(12)7-9/h2-4,7,13H,5-6,8,12H2,1H3. The van der Waals surface area contributed by atoms with Crippen LogP contribution in [0, 0.1) is 0 Å². The third-order valence-electron chi connectivity index (χ3n) is 2.18. The van der Waals surface area contributed by atoms with Crippen molar-refractivity contribution in [2.75, 3.05) is 11.5 Å². The monoisotopic (exact) mass is 241 g/mol. The Labute approximate surface area is 96.5 Å². The van der Waals surface area contributed by atoms with E-state index in [0.29, 0.717) is 11.3 Å². The summed E-state index contributed by atoms with van der Waals surface area (Å²) in [5.41, 5.74) is 6.81. The van der Waals surface area contributed by atoms with Crippen molar-refractivity contribution in [1.82, 2.24) is 0 Å². The SMILES string of the molecule is CB(O)CCS(=O)(=O)Cc1cccc(N)c1. The smallest absolute Gasteiger partial charge is 0.286 e. The summed E-state index contributed by atoms with van der Waals surface area (Å²) in [5.74, 6) is -0.0236. The lowest BCUT2D eigenvalue weighted by molar-refractivity contribution is 0.573. The summed E-state index contributed by atoms with van der Waals surface area (Å²) in [6.45, 7) is 0.992. The molecule has 0 spiro atoms. The summed E-state index contributed by atoms with van der Waals surface area (Å²) in [7, 11) is -3.16.